The molecule has 3 rings (SSSR count). The molecule has 1 saturated carbocycles. The van der Waals surface area contributed by atoms with Gasteiger partial charge in [-0.25, -0.2) is 9.78 Å². The molecule has 1 aliphatic rings. The van der Waals surface area contributed by atoms with Gasteiger partial charge in [0.1, 0.15) is 5.82 Å². The Labute approximate surface area is 133 Å². The van der Waals surface area contributed by atoms with E-state index < -0.39 is 5.97 Å². The Morgan fingerprint density at radius 1 is 1.39 bits per heavy atom. The van der Waals surface area contributed by atoms with Crippen LogP contribution in [0.5, 0.6) is 0 Å². The second-order valence-electron chi connectivity index (χ2n) is 5.52. The third-order valence-electron chi connectivity index (χ3n) is 4.21. The van der Waals surface area contributed by atoms with Crippen molar-refractivity contribution in [3.05, 3.63) is 24.2 Å². The second-order valence-corrected chi connectivity index (χ2v) is 5.52. The quantitative estimate of drug-likeness (QED) is 0.811. The number of methoxy groups -OCH3 is 1. The van der Waals surface area contributed by atoms with Gasteiger partial charge in [0.15, 0.2) is 5.69 Å². The molecule has 8 heteroatoms. The summed E-state index contributed by atoms with van der Waals surface area (Å²) < 4.78 is 6.28. The molecular formula is C15H19N5O3. The van der Waals surface area contributed by atoms with Crippen LogP contribution in [0.15, 0.2) is 18.5 Å². The van der Waals surface area contributed by atoms with E-state index in [4.69, 9.17) is 4.74 Å². The first-order chi connectivity index (χ1) is 11.1. The molecule has 1 amide bonds. The number of fused-ring (bicyclic) bond motifs is 1. The Balaban J connectivity index is 1.81. The molecule has 23 heavy (non-hydrogen) atoms. The first kappa shape index (κ1) is 15.3. The smallest absolute Gasteiger partial charge is 0.356 e. The Hall–Kier alpha value is -2.64. The number of amides is 1. The molecular weight excluding hydrogens is 298 g/mol. The third kappa shape index (κ3) is 2.84. The van der Waals surface area contributed by atoms with Gasteiger partial charge in [0.05, 0.1) is 19.2 Å². The molecule has 2 N–H and O–H groups in total. The summed E-state index contributed by atoms with van der Waals surface area (Å²) >= 11 is 0. The molecule has 2 heterocycles. The number of imidazole rings is 1. The number of anilines is 1. The number of nitrogens with zero attached hydrogens (tertiary/aromatic N) is 3. The predicted molar refractivity (Wildman–Crippen MR) is 83.1 cm³/mol. The van der Waals surface area contributed by atoms with Crippen LogP contribution in [0.1, 0.15) is 29.8 Å². The number of ether oxygens (including phenoxy) is 1. The van der Waals surface area contributed by atoms with Gasteiger partial charge in [0, 0.05) is 19.3 Å². The summed E-state index contributed by atoms with van der Waals surface area (Å²) in [5, 5.41) is 6.02. The van der Waals surface area contributed by atoms with E-state index >= 15 is 0 Å². The van der Waals surface area contributed by atoms with Crippen molar-refractivity contribution in [1.82, 2.24) is 19.7 Å². The number of hydrogen-bond donors (Lipinski definition) is 2. The molecule has 0 spiro atoms. The minimum absolute atomic E-state index is 0.0508. The van der Waals surface area contributed by atoms with Gasteiger partial charge < -0.3 is 15.4 Å². The van der Waals surface area contributed by atoms with Crippen LogP contribution in [-0.2, 0) is 9.53 Å². The molecule has 1 aliphatic carbocycles. The van der Waals surface area contributed by atoms with Crippen molar-refractivity contribution in [2.45, 2.75) is 25.3 Å². The monoisotopic (exact) mass is 317 g/mol. The molecule has 0 saturated heterocycles. The Kier molecular flexibility index (Phi) is 4.14. The van der Waals surface area contributed by atoms with Gasteiger partial charge in [0.25, 0.3) is 0 Å². The average Bonchev–Trinajstić information content (AvgIpc) is 3.20. The molecule has 2 aromatic rings. The second kappa shape index (κ2) is 6.23. The van der Waals surface area contributed by atoms with Crippen molar-refractivity contribution in [1.29, 1.82) is 0 Å². The molecule has 1 fully saturated rings. The normalized spacial score (nSPS) is 20.4. The van der Waals surface area contributed by atoms with Gasteiger partial charge in [0.2, 0.25) is 11.7 Å². The lowest BCUT2D eigenvalue weighted by Gasteiger charge is -2.20. The molecule has 8 nitrogen and oxygen atoms in total. The fraction of sp³-hybridized carbons (Fsp3) is 0.467. The maximum atomic E-state index is 11.9. The van der Waals surface area contributed by atoms with E-state index in [1.54, 1.807) is 23.7 Å². The van der Waals surface area contributed by atoms with E-state index in [0.29, 0.717) is 17.3 Å². The van der Waals surface area contributed by atoms with Crippen molar-refractivity contribution >= 4 is 23.5 Å². The third-order valence-corrected chi connectivity index (χ3v) is 4.21. The fourth-order valence-electron chi connectivity index (χ4n) is 3.03. The van der Waals surface area contributed by atoms with Crippen LogP contribution in [0.3, 0.4) is 0 Å². The highest BCUT2D eigenvalue weighted by Crippen LogP contribution is 2.28. The largest absolute Gasteiger partial charge is 0.464 e. The lowest BCUT2D eigenvalue weighted by atomic mass is 10.0. The number of carbonyl (C=O) groups excluding carboxylic acids is 2. The summed E-state index contributed by atoms with van der Waals surface area (Å²) in [7, 11) is 2.98. The van der Waals surface area contributed by atoms with Crippen LogP contribution in [0.4, 0.5) is 5.82 Å². The summed E-state index contributed by atoms with van der Waals surface area (Å²) in [6, 6.07) is 1.82. The summed E-state index contributed by atoms with van der Waals surface area (Å²) in [4.78, 5) is 32.1. The topological polar surface area (TPSA) is 97.6 Å². The lowest BCUT2D eigenvalue weighted by molar-refractivity contribution is -0.124. The first-order valence-corrected chi connectivity index (χ1v) is 7.54. The number of aromatic nitrogens is 3. The van der Waals surface area contributed by atoms with E-state index in [2.05, 4.69) is 20.6 Å². The van der Waals surface area contributed by atoms with Crippen molar-refractivity contribution in [2.75, 3.05) is 19.5 Å². The summed E-state index contributed by atoms with van der Waals surface area (Å²) in [5.41, 5.74) is 0.325. The molecule has 0 radical (unpaired) electrons. The summed E-state index contributed by atoms with van der Waals surface area (Å²) in [6.45, 7) is 0. The minimum atomic E-state index is -0.463. The highest BCUT2D eigenvalue weighted by Gasteiger charge is 2.32. The zero-order chi connectivity index (χ0) is 16.4. The van der Waals surface area contributed by atoms with E-state index in [1.165, 1.54) is 13.3 Å². The molecule has 2 atom stereocenters. The molecule has 0 bridgehead atoms. The number of carbonyl (C=O) groups is 2. The fourth-order valence-corrected chi connectivity index (χ4v) is 3.03. The van der Waals surface area contributed by atoms with Crippen molar-refractivity contribution in [2.24, 2.45) is 5.92 Å². The van der Waals surface area contributed by atoms with Crippen LogP contribution in [-0.4, -0.2) is 46.4 Å². The van der Waals surface area contributed by atoms with E-state index in [-0.39, 0.29) is 17.9 Å². The Morgan fingerprint density at radius 3 is 2.96 bits per heavy atom. The van der Waals surface area contributed by atoms with Crippen molar-refractivity contribution in [3.8, 4) is 0 Å². The lowest BCUT2D eigenvalue weighted by Crippen LogP contribution is -2.36. The number of esters is 1. The maximum absolute atomic E-state index is 11.9. The zero-order valence-electron chi connectivity index (χ0n) is 13.1. The van der Waals surface area contributed by atoms with Gasteiger partial charge in [-0.2, -0.15) is 4.98 Å². The predicted octanol–water partition coefficient (Wildman–Crippen LogP) is 0.842. The van der Waals surface area contributed by atoms with E-state index in [9.17, 15) is 9.59 Å². The Morgan fingerprint density at radius 2 is 2.22 bits per heavy atom. The molecule has 0 unspecified atom stereocenters. The van der Waals surface area contributed by atoms with Crippen molar-refractivity contribution in [3.63, 3.8) is 0 Å². The first-order valence-electron chi connectivity index (χ1n) is 7.54. The highest BCUT2D eigenvalue weighted by atomic mass is 16.5. The van der Waals surface area contributed by atoms with Crippen LogP contribution in [0, 0.1) is 5.92 Å². The van der Waals surface area contributed by atoms with Crippen LogP contribution in [0.25, 0.3) is 5.78 Å². The van der Waals surface area contributed by atoms with Gasteiger partial charge >= 0.3 is 5.97 Å². The maximum Gasteiger partial charge on any atom is 0.356 e. The average molecular weight is 317 g/mol. The zero-order valence-corrected chi connectivity index (χ0v) is 13.1. The summed E-state index contributed by atoms with van der Waals surface area (Å²) in [5.74, 6) is 0.582. The number of nitrogens with one attached hydrogen (secondary N) is 2. The van der Waals surface area contributed by atoms with Crippen molar-refractivity contribution < 1.29 is 14.3 Å². The van der Waals surface area contributed by atoms with Gasteiger partial charge in [-0.15, -0.1) is 0 Å². The number of hydrogen-bond acceptors (Lipinski definition) is 6. The molecule has 0 aromatic carbocycles. The van der Waals surface area contributed by atoms with E-state index in [0.717, 1.165) is 19.3 Å². The summed E-state index contributed by atoms with van der Waals surface area (Å²) in [6.07, 6.45) is 5.95. The molecule has 122 valence electrons. The SMILES string of the molecule is CNC(=O)[C@H]1CCC[C@H]1Nc1ccn2c(C(=O)OC)cnc2n1. The molecule has 2 aromatic heterocycles. The van der Waals surface area contributed by atoms with Crippen LogP contribution >= 0.6 is 0 Å². The number of rotatable bonds is 4. The standard InChI is InChI=1S/C15H19N5O3/c1-16-13(21)9-4-3-5-10(9)18-12-6-7-20-11(14(22)23-2)8-17-15(20)19-12/h6-10H,3-5H2,1-2H3,(H,16,21)(H,17,18,19)/t9-,10+/m0/s1. The highest BCUT2D eigenvalue weighted by molar-refractivity contribution is 5.88. The van der Waals surface area contributed by atoms with E-state index in [1.807, 2.05) is 0 Å². The van der Waals surface area contributed by atoms with Gasteiger partial charge in [-0.3, -0.25) is 9.20 Å². The van der Waals surface area contributed by atoms with Gasteiger partial charge in [-0.1, -0.05) is 6.42 Å². The van der Waals surface area contributed by atoms with Crippen LogP contribution < -0.4 is 10.6 Å². The van der Waals surface area contributed by atoms with Gasteiger partial charge in [-0.05, 0) is 18.9 Å². The Bertz CT molecular complexity index is 742. The molecule has 0 aliphatic heterocycles. The minimum Gasteiger partial charge on any atom is -0.464 e. The van der Waals surface area contributed by atoms with Crippen LogP contribution in [0.2, 0.25) is 0 Å².